The monoisotopic (exact) mass is 349 g/mol. The molecule has 2 aromatic carbocycles. The summed E-state index contributed by atoms with van der Waals surface area (Å²) in [5.74, 6) is -0.846. The van der Waals surface area contributed by atoms with Gasteiger partial charge in [0.1, 0.15) is 11.6 Å². The predicted octanol–water partition coefficient (Wildman–Crippen LogP) is 3.73. The minimum absolute atomic E-state index is 0.178. The highest BCUT2D eigenvalue weighted by Crippen LogP contribution is 2.28. The molecule has 0 aliphatic rings. The van der Waals surface area contributed by atoms with Gasteiger partial charge in [-0.15, -0.1) is 0 Å². The average molecular weight is 349 g/mol. The highest BCUT2D eigenvalue weighted by molar-refractivity contribution is 5.94. The van der Waals surface area contributed by atoms with E-state index < -0.39 is 17.5 Å². The molecule has 0 aliphatic heterocycles. The molecule has 2 aromatic rings. The lowest BCUT2D eigenvalue weighted by atomic mass is 10.1. The summed E-state index contributed by atoms with van der Waals surface area (Å²) in [5.41, 5.74) is 0.773. The van der Waals surface area contributed by atoms with Gasteiger partial charge in [-0.1, -0.05) is 6.07 Å². The molecule has 0 bridgehead atoms. The minimum atomic E-state index is -0.878. The summed E-state index contributed by atoms with van der Waals surface area (Å²) >= 11 is 0. The van der Waals surface area contributed by atoms with Crippen molar-refractivity contribution in [1.82, 2.24) is 5.32 Å². The highest BCUT2D eigenvalue weighted by atomic mass is 19.1. The Kier molecular flexibility index (Phi) is 6.74. The van der Waals surface area contributed by atoms with Gasteiger partial charge in [-0.05, 0) is 50.1 Å². The van der Waals surface area contributed by atoms with Crippen molar-refractivity contribution in [2.75, 3.05) is 19.8 Å². The lowest BCUT2D eigenvalue weighted by Crippen LogP contribution is -2.26. The normalized spacial score (nSPS) is 10.4. The van der Waals surface area contributed by atoms with Crippen molar-refractivity contribution in [3.8, 4) is 11.5 Å². The first-order valence-corrected chi connectivity index (χ1v) is 8.17. The van der Waals surface area contributed by atoms with Crippen LogP contribution in [0.15, 0.2) is 36.4 Å². The Morgan fingerprint density at radius 3 is 2.40 bits per heavy atom. The number of benzene rings is 2. The van der Waals surface area contributed by atoms with Crippen LogP contribution in [0.1, 0.15) is 29.8 Å². The first kappa shape index (κ1) is 18.7. The van der Waals surface area contributed by atoms with E-state index in [0.717, 1.165) is 17.7 Å². The van der Waals surface area contributed by atoms with E-state index in [2.05, 4.69) is 5.32 Å². The van der Waals surface area contributed by atoms with Crippen molar-refractivity contribution in [2.45, 2.75) is 20.3 Å². The largest absolute Gasteiger partial charge is 0.490 e. The van der Waals surface area contributed by atoms with E-state index in [1.54, 1.807) is 0 Å². The maximum Gasteiger partial charge on any atom is 0.254 e. The number of ether oxygens (including phenoxy) is 2. The molecule has 0 saturated heterocycles. The summed E-state index contributed by atoms with van der Waals surface area (Å²) in [4.78, 5) is 12.0. The molecule has 0 heterocycles. The third-order valence-corrected chi connectivity index (χ3v) is 3.48. The second-order valence-corrected chi connectivity index (χ2v) is 5.28. The van der Waals surface area contributed by atoms with Crippen LogP contribution in [0.25, 0.3) is 0 Å². The van der Waals surface area contributed by atoms with Crippen LogP contribution in [0.5, 0.6) is 11.5 Å². The van der Waals surface area contributed by atoms with Crippen LogP contribution in [0.3, 0.4) is 0 Å². The van der Waals surface area contributed by atoms with Crippen LogP contribution in [-0.2, 0) is 6.42 Å². The van der Waals surface area contributed by atoms with E-state index in [4.69, 9.17) is 9.47 Å². The van der Waals surface area contributed by atoms with Crippen LogP contribution >= 0.6 is 0 Å². The summed E-state index contributed by atoms with van der Waals surface area (Å²) in [5, 5.41) is 2.63. The molecule has 0 radical (unpaired) electrons. The molecule has 0 fully saturated rings. The Labute approximate surface area is 145 Å². The van der Waals surface area contributed by atoms with Crippen LogP contribution in [-0.4, -0.2) is 25.7 Å². The van der Waals surface area contributed by atoms with Gasteiger partial charge < -0.3 is 14.8 Å². The van der Waals surface area contributed by atoms with Gasteiger partial charge in [-0.3, -0.25) is 4.79 Å². The van der Waals surface area contributed by atoms with Crippen LogP contribution in [0.2, 0.25) is 0 Å². The highest BCUT2D eigenvalue weighted by Gasteiger charge is 2.12. The number of carbonyl (C=O) groups is 1. The maximum atomic E-state index is 13.6. The lowest BCUT2D eigenvalue weighted by Gasteiger charge is -2.12. The Hall–Kier alpha value is -2.63. The molecule has 2 rings (SSSR count). The molecular weight excluding hydrogens is 328 g/mol. The zero-order valence-corrected chi connectivity index (χ0v) is 14.3. The number of amides is 1. The van der Waals surface area contributed by atoms with Crippen LogP contribution < -0.4 is 14.8 Å². The number of nitrogens with one attached hydrogen (secondary N) is 1. The average Bonchev–Trinajstić information content (AvgIpc) is 2.57. The Morgan fingerprint density at radius 2 is 1.72 bits per heavy atom. The van der Waals surface area contributed by atoms with E-state index in [1.165, 1.54) is 0 Å². The number of hydrogen-bond donors (Lipinski definition) is 1. The van der Waals surface area contributed by atoms with Gasteiger partial charge in [-0.25, -0.2) is 8.78 Å². The Balaban J connectivity index is 1.96. The Morgan fingerprint density at radius 1 is 1.00 bits per heavy atom. The molecule has 1 N–H and O–H groups in total. The molecule has 4 nitrogen and oxygen atoms in total. The molecule has 0 spiro atoms. The second-order valence-electron chi connectivity index (χ2n) is 5.28. The van der Waals surface area contributed by atoms with E-state index in [-0.39, 0.29) is 5.56 Å². The van der Waals surface area contributed by atoms with Crippen molar-refractivity contribution in [2.24, 2.45) is 0 Å². The first-order valence-electron chi connectivity index (χ1n) is 8.17. The van der Waals surface area contributed by atoms with E-state index in [9.17, 15) is 13.6 Å². The Bertz CT molecular complexity index is 735. The molecule has 134 valence electrons. The van der Waals surface area contributed by atoms with Gasteiger partial charge in [0.25, 0.3) is 5.91 Å². The molecule has 1 amide bonds. The standard InChI is InChI=1S/C19H21F2NO3/c1-3-24-17-8-5-13(11-18(17)25-4-2)9-10-22-19(23)15-7-6-14(20)12-16(15)21/h5-8,11-12H,3-4,9-10H2,1-2H3,(H,22,23). The van der Waals surface area contributed by atoms with Gasteiger partial charge in [0.05, 0.1) is 18.8 Å². The fourth-order valence-electron chi connectivity index (χ4n) is 2.34. The molecule has 0 aliphatic carbocycles. The molecule has 0 atom stereocenters. The van der Waals surface area contributed by atoms with Gasteiger partial charge in [0.15, 0.2) is 11.5 Å². The summed E-state index contributed by atoms with van der Waals surface area (Å²) in [6.07, 6.45) is 0.543. The van der Waals surface area contributed by atoms with Crippen molar-refractivity contribution in [3.05, 3.63) is 59.2 Å². The predicted molar refractivity (Wildman–Crippen MR) is 91.2 cm³/mol. The zero-order valence-electron chi connectivity index (χ0n) is 14.3. The van der Waals surface area contributed by atoms with Gasteiger partial charge in [-0.2, -0.15) is 0 Å². The summed E-state index contributed by atoms with van der Waals surface area (Å²) in [7, 11) is 0. The van der Waals surface area contributed by atoms with Crippen molar-refractivity contribution in [3.63, 3.8) is 0 Å². The fourth-order valence-corrected chi connectivity index (χ4v) is 2.34. The zero-order chi connectivity index (χ0) is 18.2. The number of rotatable bonds is 8. The molecular formula is C19H21F2NO3. The molecule has 0 saturated carbocycles. The number of halogens is 2. The lowest BCUT2D eigenvalue weighted by molar-refractivity contribution is 0.0950. The van der Waals surface area contributed by atoms with Gasteiger partial charge in [0, 0.05) is 12.6 Å². The van der Waals surface area contributed by atoms with E-state index in [0.29, 0.717) is 43.7 Å². The topological polar surface area (TPSA) is 47.6 Å². The summed E-state index contributed by atoms with van der Waals surface area (Å²) in [6, 6.07) is 8.45. The smallest absolute Gasteiger partial charge is 0.254 e. The maximum absolute atomic E-state index is 13.6. The second kappa shape index (κ2) is 9.01. The molecule has 6 heteroatoms. The van der Waals surface area contributed by atoms with Crippen molar-refractivity contribution in [1.29, 1.82) is 0 Å². The fraction of sp³-hybridized carbons (Fsp3) is 0.316. The molecule has 25 heavy (non-hydrogen) atoms. The third kappa shape index (κ3) is 5.17. The SMILES string of the molecule is CCOc1ccc(CCNC(=O)c2ccc(F)cc2F)cc1OCC. The first-order chi connectivity index (χ1) is 12.0. The third-order valence-electron chi connectivity index (χ3n) is 3.48. The van der Waals surface area contributed by atoms with Crippen LogP contribution in [0, 0.1) is 11.6 Å². The van der Waals surface area contributed by atoms with E-state index >= 15 is 0 Å². The van der Waals surface area contributed by atoms with E-state index in [1.807, 2.05) is 32.0 Å². The van der Waals surface area contributed by atoms with Gasteiger partial charge in [0.2, 0.25) is 0 Å². The minimum Gasteiger partial charge on any atom is -0.490 e. The number of carbonyl (C=O) groups excluding carboxylic acids is 1. The summed E-state index contributed by atoms with van der Waals surface area (Å²) < 4.78 is 37.5. The quantitative estimate of drug-likeness (QED) is 0.790. The number of hydrogen-bond acceptors (Lipinski definition) is 3. The van der Waals surface area contributed by atoms with Crippen LogP contribution in [0.4, 0.5) is 8.78 Å². The molecule has 0 unspecified atom stereocenters. The molecule has 0 aromatic heterocycles. The van der Waals surface area contributed by atoms with Crippen molar-refractivity contribution >= 4 is 5.91 Å². The van der Waals surface area contributed by atoms with Crippen molar-refractivity contribution < 1.29 is 23.0 Å². The van der Waals surface area contributed by atoms with Gasteiger partial charge >= 0.3 is 0 Å². The summed E-state index contributed by atoms with van der Waals surface area (Å²) in [6.45, 7) is 5.16.